The molecule has 0 aliphatic carbocycles. The second-order valence-corrected chi connectivity index (χ2v) is 9.69. The molecule has 32 heavy (non-hydrogen) atoms. The SMILES string of the molecule is COc1cc(/C=C2/SC(=NC(C)C)N(C(C)C)C2=O)cc(Cl)c1OCc1ccc(Cl)cc1. The molecule has 2 aromatic carbocycles. The topological polar surface area (TPSA) is 51.1 Å². The van der Waals surface area contributed by atoms with Crippen LogP contribution in [0.15, 0.2) is 46.3 Å². The van der Waals surface area contributed by atoms with Crippen LogP contribution in [0.25, 0.3) is 6.08 Å². The zero-order chi connectivity index (χ0) is 23.4. The van der Waals surface area contributed by atoms with Crippen molar-refractivity contribution < 1.29 is 14.3 Å². The van der Waals surface area contributed by atoms with Gasteiger partial charge in [-0.1, -0.05) is 35.3 Å². The zero-order valence-electron chi connectivity index (χ0n) is 18.7. The molecule has 5 nitrogen and oxygen atoms in total. The van der Waals surface area contributed by atoms with E-state index < -0.39 is 0 Å². The molecule has 2 aromatic rings. The maximum atomic E-state index is 13.0. The van der Waals surface area contributed by atoms with Crippen LogP contribution in [-0.2, 0) is 11.4 Å². The molecule has 0 unspecified atom stereocenters. The van der Waals surface area contributed by atoms with E-state index in [1.165, 1.54) is 11.8 Å². The molecule has 1 heterocycles. The van der Waals surface area contributed by atoms with Gasteiger partial charge in [-0.3, -0.25) is 14.7 Å². The number of benzene rings is 2. The summed E-state index contributed by atoms with van der Waals surface area (Å²) < 4.78 is 11.4. The molecular weight excluding hydrogens is 467 g/mol. The van der Waals surface area contributed by atoms with E-state index >= 15 is 0 Å². The number of hydrogen-bond donors (Lipinski definition) is 0. The Hall–Kier alpha value is -2.15. The van der Waals surface area contributed by atoms with Crippen molar-refractivity contribution >= 4 is 52.1 Å². The van der Waals surface area contributed by atoms with Gasteiger partial charge < -0.3 is 9.47 Å². The molecule has 0 saturated carbocycles. The Balaban J connectivity index is 1.87. The molecule has 8 heteroatoms. The fourth-order valence-electron chi connectivity index (χ4n) is 3.10. The van der Waals surface area contributed by atoms with E-state index in [-0.39, 0.29) is 18.0 Å². The lowest BCUT2D eigenvalue weighted by molar-refractivity contribution is -0.123. The van der Waals surface area contributed by atoms with Gasteiger partial charge in [0.1, 0.15) is 6.61 Å². The quantitative estimate of drug-likeness (QED) is 0.404. The summed E-state index contributed by atoms with van der Waals surface area (Å²) in [6.45, 7) is 8.26. The highest BCUT2D eigenvalue weighted by molar-refractivity contribution is 8.18. The molecular formula is C24H26Cl2N2O3S. The van der Waals surface area contributed by atoms with Crippen molar-refractivity contribution in [1.82, 2.24) is 4.90 Å². The van der Waals surface area contributed by atoms with Gasteiger partial charge in [0.2, 0.25) is 0 Å². The highest BCUT2D eigenvalue weighted by atomic mass is 35.5. The van der Waals surface area contributed by atoms with E-state index in [1.807, 2.05) is 58.0 Å². The van der Waals surface area contributed by atoms with Crippen molar-refractivity contribution in [2.75, 3.05) is 7.11 Å². The Morgan fingerprint density at radius 1 is 1.12 bits per heavy atom. The first kappa shape index (κ1) is 24.5. The first-order valence-electron chi connectivity index (χ1n) is 10.2. The number of nitrogens with zero attached hydrogens (tertiary/aromatic N) is 2. The van der Waals surface area contributed by atoms with Crippen LogP contribution in [0, 0.1) is 0 Å². The van der Waals surface area contributed by atoms with Crippen LogP contribution in [0.3, 0.4) is 0 Å². The number of aliphatic imine (C=N–C) groups is 1. The first-order chi connectivity index (χ1) is 15.2. The van der Waals surface area contributed by atoms with E-state index in [2.05, 4.69) is 4.99 Å². The summed E-state index contributed by atoms with van der Waals surface area (Å²) in [5.74, 6) is 0.871. The second-order valence-electron chi connectivity index (χ2n) is 7.83. The van der Waals surface area contributed by atoms with Gasteiger partial charge in [0.15, 0.2) is 16.7 Å². The van der Waals surface area contributed by atoms with Gasteiger partial charge in [-0.25, -0.2) is 0 Å². The van der Waals surface area contributed by atoms with Crippen molar-refractivity contribution in [3.8, 4) is 11.5 Å². The standard InChI is InChI=1S/C24H26Cl2N2O3S/c1-14(2)27-24-28(15(3)4)23(29)21(32-24)12-17-10-19(26)22(20(11-17)30-5)31-13-16-6-8-18(25)9-7-16/h6-12,14-15H,13H2,1-5H3/b21-12+,27-24?. The van der Waals surface area contributed by atoms with Gasteiger partial charge in [0.25, 0.3) is 5.91 Å². The Labute approximate surface area is 203 Å². The molecule has 170 valence electrons. The number of carbonyl (C=O) groups is 1. The molecule has 0 bridgehead atoms. The van der Waals surface area contributed by atoms with Crippen LogP contribution in [0.5, 0.6) is 11.5 Å². The molecule has 0 spiro atoms. The molecule has 0 radical (unpaired) electrons. The second kappa shape index (κ2) is 10.6. The zero-order valence-corrected chi connectivity index (χ0v) is 21.0. The number of thioether (sulfide) groups is 1. The summed E-state index contributed by atoms with van der Waals surface area (Å²) in [6.07, 6.45) is 1.81. The average Bonchev–Trinajstić information content (AvgIpc) is 3.02. The van der Waals surface area contributed by atoms with E-state index in [9.17, 15) is 4.79 Å². The largest absolute Gasteiger partial charge is 0.493 e. The molecule has 1 saturated heterocycles. The fourth-order valence-corrected chi connectivity index (χ4v) is 4.74. The predicted octanol–water partition coefficient (Wildman–Crippen LogP) is 6.67. The number of halogens is 2. The maximum absolute atomic E-state index is 13.0. The number of amidine groups is 1. The highest BCUT2D eigenvalue weighted by Crippen LogP contribution is 2.39. The Kier molecular flexibility index (Phi) is 8.15. The lowest BCUT2D eigenvalue weighted by Crippen LogP contribution is -2.35. The van der Waals surface area contributed by atoms with Crippen molar-refractivity contribution in [3.63, 3.8) is 0 Å². The molecule has 1 aliphatic rings. The van der Waals surface area contributed by atoms with Crippen LogP contribution in [0.4, 0.5) is 0 Å². The molecule has 1 aliphatic heterocycles. The smallest absolute Gasteiger partial charge is 0.266 e. The third kappa shape index (κ3) is 5.80. The monoisotopic (exact) mass is 492 g/mol. The summed E-state index contributed by atoms with van der Waals surface area (Å²) in [5.41, 5.74) is 1.70. The molecule has 3 rings (SSSR count). The first-order valence-corrected chi connectivity index (χ1v) is 11.8. The number of hydrogen-bond acceptors (Lipinski definition) is 5. The van der Waals surface area contributed by atoms with Gasteiger partial charge in [0.05, 0.1) is 17.0 Å². The summed E-state index contributed by atoms with van der Waals surface area (Å²) in [6, 6.07) is 11.1. The summed E-state index contributed by atoms with van der Waals surface area (Å²) in [7, 11) is 1.56. The molecule has 0 N–H and O–H groups in total. The van der Waals surface area contributed by atoms with Crippen molar-refractivity contribution in [3.05, 3.63) is 62.5 Å². The normalized spacial score (nSPS) is 16.7. The van der Waals surface area contributed by atoms with Gasteiger partial charge >= 0.3 is 0 Å². The Morgan fingerprint density at radius 3 is 2.41 bits per heavy atom. The molecule has 1 amide bonds. The van der Waals surface area contributed by atoms with E-state index in [0.29, 0.717) is 38.2 Å². The summed E-state index contributed by atoms with van der Waals surface area (Å²) in [5, 5.41) is 1.78. The van der Waals surface area contributed by atoms with Crippen LogP contribution < -0.4 is 9.47 Å². The van der Waals surface area contributed by atoms with Crippen molar-refractivity contribution in [2.45, 2.75) is 46.4 Å². The summed E-state index contributed by atoms with van der Waals surface area (Å²) >= 11 is 13.8. The molecule has 1 fully saturated rings. The van der Waals surface area contributed by atoms with Crippen LogP contribution >= 0.6 is 35.0 Å². The van der Waals surface area contributed by atoms with Crippen LogP contribution in [0.1, 0.15) is 38.8 Å². The van der Waals surface area contributed by atoms with Gasteiger partial charge in [-0.15, -0.1) is 0 Å². The molecule has 0 atom stereocenters. The van der Waals surface area contributed by atoms with E-state index in [4.69, 9.17) is 32.7 Å². The maximum Gasteiger partial charge on any atom is 0.266 e. The minimum atomic E-state index is -0.0671. The van der Waals surface area contributed by atoms with Crippen LogP contribution in [0.2, 0.25) is 10.0 Å². The number of rotatable bonds is 7. The number of methoxy groups -OCH3 is 1. The van der Waals surface area contributed by atoms with E-state index in [0.717, 1.165) is 11.1 Å². The Bertz CT molecular complexity index is 1050. The fraction of sp³-hybridized carbons (Fsp3) is 0.333. The van der Waals surface area contributed by atoms with Gasteiger partial charge in [0, 0.05) is 17.1 Å². The molecule has 0 aromatic heterocycles. The third-order valence-electron chi connectivity index (χ3n) is 4.57. The number of carbonyl (C=O) groups excluding carboxylic acids is 1. The number of ether oxygens (including phenoxy) is 2. The lowest BCUT2D eigenvalue weighted by Gasteiger charge is -2.20. The Morgan fingerprint density at radius 2 is 1.81 bits per heavy atom. The van der Waals surface area contributed by atoms with Crippen molar-refractivity contribution in [1.29, 1.82) is 0 Å². The predicted molar refractivity (Wildman–Crippen MR) is 134 cm³/mol. The third-order valence-corrected chi connectivity index (χ3v) is 6.10. The minimum absolute atomic E-state index is 0.0140. The highest BCUT2D eigenvalue weighted by Gasteiger charge is 2.35. The summed E-state index contributed by atoms with van der Waals surface area (Å²) in [4.78, 5) is 19.9. The van der Waals surface area contributed by atoms with Crippen LogP contribution in [-0.4, -0.2) is 35.2 Å². The van der Waals surface area contributed by atoms with Gasteiger partial charge in [-0.2, -0.15) is 0 Å². The lowest BCUT2D eigenvalue weighted by atomic mass is 10.1. The van der Waals surface area contributed by atoms with Crippen molar-refractivity contribution in [2.24, 2.45) is 4.99 Å². The van der Waals surface area contributed by atoms with Gasteiger partial charge in [-0.05, 0) is 80.9 Å². The average molecular weight is 493 g/mol. The van der Waals surface area contributed by atoms with E-state index in [1.54, 1.807) is 24.1 Å². The number of amides is 1. The minimum Gasteiger partial charge on any atom is -0.493 e.